The highest BCUT2D eigenvalue weighted by Gasteiger charge is 2.72. The fraction of sp³-hybridized carbons (Fsp3) is 0.500. The summed E-state index contributed by atoms with van der Waals surface area (Å²) in [5.41, 5.74) is 6.15. The second-order valence-electron chi connectivity index (χ2n) is 6.38. The monoisotopic (exact) mass is 288 g/mol. The van der Waals surface area contributed by atoms with Crippen molar-refractivity contribution in [3.63, 3.8) is 0 Å². The number of ether oxygens (including phenoxy) is 1. The number of rotatable bonds is 5. The van der Waals surface area contributed by atoms with Crippen LogP contribution in [0.1, 0.15) is 20.3 Å². The molecule has 1 saturated carbocycles. The number of piperidine rings is 1. The second-order valence-corrected chi connectivity index (χ2v) is 6.38. The molecule has 5 nitrogen and oxygen atoms in total. The Morgan fingerprint density at radius 2 is 1.71 bits per heavy atom. The summed E-state index contributed by atoms with van der Waals surface area (Å²) in [4.78, 5) is 25.6. The highest BCUT2D eigenvalue weighted by Crippen LogP contribution is 2.63. The number of anilines is 1. The molecule has 0 aromatic heterocycles. The van der Waals surface area contributed by atoms with Crippen molar-refractivity contribution in [3.8, 4) is 5.75 Å². The molecule has 1 aliphatic heterocycles. The van der Waals surface area contributed by atoms with Crippen molar-refractivity contribution in [2.75, 3.05) is 18.9 Å². The van der Waals surface area contributed by atoms with Crippen molar-refractivity contribution in [3.05, 3.63) is 24.3 Å². The van der Waals surface area contributed by atoms with Crippen molar-refractivity contribution in [1.29, 1.82) is 0 Å². The maximum atomic E-state index is 12.1. The highest BCUT2D eigenvalue weighted by atomic mass is 16.5. The molecular weight excluding hydrogens is 268 g/mol. The van der Waals surface area contributed by atoms with Crippen molar-refractivity contribution >= 4 is 17.5 Å². The third-order valence-corrected chi connectivity index (χ3v) is 4.57. The molecule has 3 rings (SSSR count). The van der Waals surface area contributed by atoms with Gasteiger partial charge in [-0.25, -0.2) is 0 Å². The van der Waals surface area contributed by atoms with Crippen LogP contribution >= 0.6 is 0 Å². The average Bonchev–Trinajstić information content (AvgIpc) is 2.91. The number of fused-ring (bicyclic) bond motifs is 1. The molecule has 2 fully saturated rings. The van der Waals surface area contributed by atoms with E-state index in [1.54, 1.807) is 24.3 Å². The van der Waals surface area contributed by atoms with Gasteiger partial charge in [-0.1, -0.05) is 13.8 Å². The quantitative estimate of drug-likeness (QED) is 0.508. The van der Waals surface area contributed by atoms with Gasteiger partial charge < -0.3 is 10.5 Å². The van der Waals surface area contributed by atoms with Gasteiger partial charge >= 0.3 is 0 Å². The molecule has 112 valence electrons. The molecule has 1 aromatic rings. The van der Waals surface area contributed by atoms with Gasteiger partial charge in [-0.15, -0.1) is 0 Å². The van der Waals surface area contributed by atoms with Crippen molar-refractivity contribution < 1.29 is 14.3 Å². The predicted octanol–water partition coefficient (Wildman–Crippen LogP) is 1.68. The van der Waals surface area contributed by atoms with E-state index in [1.807, 2.05) is 13.8 Å². The first kappa shape index (κ1) is 13.9. The molecule has 21 heavy (non-hydrogen) atoms. The molecule has 1 aliphatic carbocycles. The lowest BCUT2D eigenvalue weighted by atomic mass is 10.1. The van der Waals surface area contributed by atoms with Crippen molar-refractivity contribution in [2.24, 2.45) is 17.3 Å². The van der Waals surface area contributed by atoms with E-state index in [1.165, 1.54) is 4.90 Å². The Morgan fingerprint density at radius 3 is 2.29 bits per heavy atom. The van der Waals surface area contributed by atoms with Crippen LogP contribution in [0.4, 0.5) is 5.69 Å². The van der Waals surface area contributed by atoms with E-state index in [2.05, 4.69) is 0 Å². The topological polar surface area (TPSA) is 72.6 Å². The minimum absolute atomic E-state index is 0.0116. The number of nitrogen functional groups attached to an aromatic ring is 1. The Hall–Kier alpha value is -2.04. The molecule has 1 aromatic carbocycles. The largest absolute Gasteiger partial charge is 0.494 e. The average molecular weight is 288 g/mol. The molecule has 2 aliphatic rings. The van der Waals surface area contributed by atoms with Crippen molar-refractivity contribution in [2.45, 2.75) is 20.3 Å². The standard InChI is InChI=1S/C16H20N2O3/c1-16(2)12-13(16)15(20)18(14(12)19)8-3-9-21-11-6-4-10(17)5-7-11/h4-7,12-13H,3,8-9,17H2,1-2H3. The van der Waals surface area contributed by atoms with E-state index in [0.29, 0.717) is 25.3 Å². The van der Waals surface area contributed by atoms with Crippen LogP contribution in [0.25, 0.3) is 0 Å². The molecule has 0 radical (unpaired) electrons. The fourth-order valence-corrected chi connectivity index (χ4v) is 3.20. The zero-order valence-electron chi connectivity index (χ0n) is 12.3. The van der Waals surface area contributed by atoms with Crippen LogP contribution in [-0.4, -0.2) is 29.9 Å². The normalized spacial score (nSPS) is 25.9. The predicted molar refractivity (Wildman–Crippen MR) is 78.4 cm³/mol. The van der Waals surface area contributed by atoms with Gasteiger partial charge in [0.1, 0.15) is 5.75 Å². The summed E-state index contributed by atoms with van der Waals surface area (Å²) in [6.45, 7) is 4.88. The smallest absolute Gasteiger partial charge is 0.233 e. The van der Waals surface area contributed by atoms with Crippen LogP contribution in [0.15, 0.2) is 24.3 Å². The maximum Gasteiger partial charge on any atom is 0.233 e. The van der Waals surface area contributed by atoms with Gasteiger partial charge in [0.15, 0.2) is 0 Å². The lowest BCUT2D eigenvalue weighted by molar-refractivity contribution is -0.143. The number of carbonyl (C=O) groups excluding carboxylic acids is 2. The van der Waals surface area contributed by atoms with Gasteiger partial charge in [0, 0.05) is 12.2 Å². The van der Waals surface area contributed by atoms with Crippen LogP contribution < -0.4 is 10.5 Å². The zero-order chi connectivity index (χ0) is 15.2. The molecule has 0 bridgehead atoms. The molecule has 5 heteroatoms. The van der Waals surface area contributed by atoms with Crippen molar-refractivity contribution in [1.82, 2.24) is 4.90 Å². The summed E-state index contributed by atoms with van der Waals surface area (Å²) in [5.74, 6) is 0.531. The fourth-order valence-electron chi connectivity index (χ4n) is 3.20. The second kappa shape index (κ2) is 4.76. The summed E-state index contributed by atoms with van der Waals surface area (Å²) < 4.78 is 5.57. The number of carbonyl (C=O) groups is 2. The Bertz CT molecular complexity index is 556. The third-order valence-electron chi connectivity index (χ3n) is 4.57. The lowest BCUT2D eigenvalue weighted by Gasteiger charge is -2.20. The minimum atomic E-state index is -0.134. The number of nitrogens with zero attached hydrogens (tertiary/aromatic N) is 1. The van der Waals surface area contributed by atoms with E-state index in [9.17, 15) is 9.59 Å². The van der Waals surface area contributed by atoms with Crippen LogP contribution in [0, 0.1) is 17.3 Å². The summed E-state index contributed by atoms with van der Waals surface area (Å²) in [7, 11) is 0. The number of nitrogens with two attached hydrogens (primary N) is 1. The van der Waals surface area contributed by atoms with Crippen LogP contribution in [0.5, 0.6) is 5.75 Å². The first-order chi connectivity index (χ1) is 9.93. The number of hydrogen-bond donors (Lipinski definition) is 1. The van der Waals surface area contributed by atoms with E-state index in [-0.39, 0.29) is 29.1 Å². The minimum Gasteiger partial charge on any atom is -0.494 e. The SMILES string of the molecule is CC1(C)C2C(=O)N(CCCOc3ccc(N)cc3)C(=O)C21. The Balaban J connectivity index is 1.46. The van der Waals surface area contributed by atoms with Gasteiger partial charge in [0.2, 0.25) is 11.8 Å². The first-order valence-corrected chi connectivity index (χ1v) is 7.26. The summed E-state index contributed by atoms with van der Waals surface area (Å²) >= 11 is 0. The molecule has 0 spiro atoms. The Kier molecular flexibility index (Phi) is 3.15. The van der Waals surface area contributed by atoms with E-state index in [4.69, 9.17) is 10.5 Å². The Labute approximate surface area is 124 Å². The highest BCUT2D eigenvalue weighted by molar-refractivity contribution is 6.10. The first-order valence-electron chi connectivity index (χ1n) is 7.26. The molecular formula is C16H20N2O3. The number of imide groups is 1. The summed E-state index contributed by atoms with van der Waals surface area (Å²) in [6, 6.07) is 7.16. The molecule has 1 heterocycles. The van der Waals surface area contributed by atoms with E-state index >= 15 is 0 Å². The van der Waals surface area contributed by atoms with Crippen LogP contribution in [0.3, 0.4) is 0 Å². The van der Waals surface area contributed by atoms with E-state index < -0.39 is 0 Å². The lowest BCUT2D eigenvalue weighted by Crippen LogP contribution is -2.37. The van der Waals surface area contributed by atoms with Crippen LogP contribution in [0.2, 0.25) is 0 Å². The van der Waals surface area contributed by atoms with Gasteiger partial charge in [0.25, 0.3) is 0 Å². The number of benzene rings is 1. The number of likely N-dealkylation sites (tertiary alicyclic amines) is 1. The van der Waals surface area contributed by atoms with Gasteiger partial charge in [0.05, 0.1) is 18.4 Å². The zero-order valence-corrected chi connectivity index (χ0v) is 12.3. The van der Waals surface area contributed by atoms with Crippen LogP contribution in [-0.2, 0) is 9.59 Å². The van der Waals surface area contributed by atoms with Gasteiger partial charge in [-0.3, -0.25) is 14.5 Å². The molecule has 1 saturated heterocycles. The van der Waals surface area contributed by atoms with Gasteiger partial charge in [-0.2, -0.15) is 0 Å². The third kappa shape index (κ3) is 2.26. The van der Waals surface area contributed by atoms with E-state index in [0.717, 1.165) is 5.75 Å². The maximum absolute atomic E-state index is 12.1. The molecule has 2 atom stereocenters. The summed E-state index contributed by atoms with van der Waals surface area (Å²) in [5, 5.41) is 0. The number of hydrogen-bond acceptors (Lipinski definition) is 4. The summed E-state index contributed by atoms with van der Waals surface area (Å²) in [6.07, 6.45) is 0.641. The van der Waals surface area contributed by atoms with Gasteiger partial charge in [-0.05, 0) is 36.1 Å². The molecule has 2 unspecified atom stereocenters. The molecule has 2 N–H and O–H groups in total. The Morgan fingerprint density at radius 1 is 1.14 bits per heavy atom. The molecule has 2 amide bonds. The number of amides is 2.